The van der Waals surface area contributed by atoms with Crippen LogP contribution >= 0.6 is 0 Å². The van der Waals surface area contributed by atoms with Gasteiger partial charge in [0.1, 0.15) is 22.4 Å². The molecule has 1 aromatic carbocycles. The Morgan fingerprint density at radius 3 is 2.62 bits per heavy atom. The highest BCUT2D eigenvalue weighted by molar-refractivity contribution is 7.92. The van der Waals surface area contributed by atoms with Crippen LogP contribution in [0.1, 0.15) is 5.69 Å². The number of ether oxygens (including phenoxy) is 1. The van der Waals surface area contributed by atoms with Crippen molar-refractivity contribution >= 4 is 21.4 Å². The highest BCUT2D eigenvalue weighted by atomic mass is 32.2. The zero-order chi connectivity index (χ0) is 15.5. The Hall–Kier alpha value is -2.79. The molecule has 108 valence electrons. The Morgan fingerprint density at radius 1 is 1.33 bits per heavy atom. The van der Waals surface area contributed by atoms with Crippen LogP contribution in [0.3, 0.4) is 0 Å². The van der Waals surface area contributed by atoms with E-state index in [-0.39, 0.29) is 22.0 Å². The number of rotatable bonds is 4. The average Bonchev–Trinajstić information content (AvgIpc) is 2.49. The van der Waals surface area contributed by atoms with Crippen LogP contribution in [0.15, 0.2) is 41.4 Å². The topological polar surface area (TPSA) is 118 Å². The molecule has 0 aliphatic carbocycles. The number of hydrogen-bond acceptors (Lipinski definition) is 6. The van der Waals surface area contributed by atoms with Crippen LogP contribution in [0.25, 0.3) is 0 Å². The van der Waals surface area contributed by atoms with Crippen LogP contribution in [-0.2, 0) is 10.0 Å². The number of nitrogens with one attached hydrogen (secondary N) is 1. The number of nitrogens with two attached hydrogens (primary N) is 1. The number of pyridine rings is 1. The van der Waals surface area contributed by atoms with Gasteiger partial charge in [-0.15, -0.1) is 0 Å². The van der Waals surface area contributed by atoms with E-state index in [9.17, 15) is 8.42 Å². The number of benzene rings is 1. The lowest BCUT2D eigenvalue weighted by Crippen LogP contribution is -2.14. The summed E-state index contributed by atoms with van der Waals surface area (Å²) in [5.74, 6) is 0.524. The molecule has 1 heterocycles. The summed E-state index contributed by atoms with van der Waals surface area (Å²) >= 11 is 0. The number of nitrogen functional groups attached to an aromatic ring is 1. The predicted molar refractivity (Wildman–Crippen MR) is 77.2 cm³/mol. The first-order valence-electron chi connectivity index (χ1n) is 5.79. The molecule has 0 aliphatic heterocycles. The smallest absolute Gasteiger partial charge is 0.263 e. The number of methoxy groups -OCH3 is 1. The summed E-state index contributed by atoms with van der Waals surface area (Å²) in [7, 11) is -2.34. The van der Waals surface area contributed by atoms with Crippen LogP contribution in [0.5, 0.6) is 5.75 Å². The molecule has 3 N–H and O–H groups in total. The maximum absolute atomic E-state index is 12.2. The Morgan fingerprint density at radius 2 is 2.10 bits per heavy atom. The number of hydrogen-bond donors (Lipinski definition) is 2. The maximum Gasteiger partial charge on any atom is 0.263 e. The molecule has 0 bridgehead atoms. The lowest BCUT2D eigenvalue weighted by Gasteiger charge is -2.11. The minimum atomic E-state index is -3.82. The average molecular weight is 304 g/mol. The van der Waals surface area contributed by atoms with Gasteiger partial charge in [-0.1, -0.05) is 0 Å². The van der Waals surface area contributed by atoms with E-state index in [1.807, 2.05) is 6.07 Å². The molecule has 0 fully saturated rings. The maximum atomic E-state index is 12.2. The highest BCUT2D eigenvalue weighted by Gasteiger charge is 2.16. The van der Waals surface area contributed by atoms with E-state index in [0.717, 1.165) is 6.20 Å². The van der Waals surface area contributed by atoms with Gasteiger partial charge in [0.2, 0.25) is 0 Å². The molecule has 0 radical (unpaired) electrons. The number of nitriles is 1. The molecule has 0 spiro atoms. The van der Waals surface area contributed by atoms with Crippen molar-refractivity contribution in [2.75, 3.05) is 17.6 Å². The SMILES string of the molecule is COc1ccc(NS(=O)(=O)c2ccc(C#N)nc2)c(N)c1. The minimum absolute atomic E-state index is 0.0586. The predicted octanol–water partition coefficient (Wildman–Crippen LogP) is 1.34. The standard InChI is InChI=1S/C13H12N4O3S/c1-20-10-3-5-13(12(15)6-10)17-21(18,19)11-4-2-9(7-14)16-8-11/h2-6,8,17H,15H2,1H3. The third-order valence-electron chi connectivity index (χ3n) is 2.66. The molecule has 2 rings (SSSR count). The molecule has 0 atom stereocenters. The van der Waals surface area contributed by atoms with E-state index >= 15 is 0 Å². The van der Waals surface area contributed by atoms with Gasteiger partial charge in [-0.3, -0.25) is 4.72 Å². The fourth-order valence-electron chi connectivity index (χ4n) is 1.57. The van der Waals surface area contributed by atoms with Gasteiger partial charge in [-0.2, -0.15) is 5.26 Å². The fourth-order valence-corrected chi connectivity index (χ4v) is 2.60. The van der Waals surface area contributed by atoms with Crippen molar-refractivity contribution in [3.8, 4) is 11.8 Å². The van der Waals surface area contributed by atoms with Crippen LogP contribution in [0.4, 0.5) is 11.4 Å². The minimum Gasteiger partial charge on any atom is -0.497 e. The molecule has 1 aromatic heterocycles. The van der Waals surface area contributed by atoms with Gasteiger partial charge in [0, 0.05) is 12.3 Å². The quantitative estimate of drug-likeness (QED) is 0.823. The summed E-state index contributed by atoms with van der Waals surface area (Å²) in [4.78, 5) is 3.66. The Kier molecular flexibility index (Phi) is 3.95. The summed E-state index contributed by atoms with van der Waals surface area (Å²) in [6, 6.07) is 9.04. The van der Waals surface area contributed by atoms with Crippen molar-refractivity contribution < 1.29 is 13.2 Å². The van der Waals surface area contributed by atoms with Gasteiger partial charge in [0.05, 0.1) is 18.5 Å². The summed E-state index contributed by atoms with van der Waals surface area (Å²) in [6.07, 6.45) is 1.11. The second-order valence-corrected chi connectivity index (χ2v) is 5.73. The molecular weight excluding hydrogens is 292 g/mol. The van der Waals surface area contributed by atoms with Crippen LogP contribution in [0.2, 0.25) is 0 Å². The molecule has 7 nitrogen and oxygen atoms in total. The zero-order valence-electron chi connectivity index (χ0n) is 11.1. The van der Waals surface area contributed by atoms with Crippen molar-refractivity contribution in [3.05, 3.63) is 42.2 Å². The molecule has 21 heavy (non-hydrogen) atoms. The van der Waals surface area contributed by atoms with Gasteiger partial charge in [-0.25, -0.2) is 13.4 Å². The van der Waals surface area contributed by atoms with E-state index in [1.165, 1.54) is 31.4 Å². The summed E-state index contributed by atoms with van der Waals surface area (Å²) < 4.78 is 31.7. The second kappa shape index (κ2) is 5.68. The van der Waals surface area contributed by atoms with E-state index in [2.05, 4.69) is 9.71 Å². The number of anilines is 2. The zero-order valence-corrected chi connectivity index (χ0v) is 11.9. The highest BCUT2D eigenvalue weighted by Crippen LogP contribution is 2.26. The molecule has 0 amide bonds. The van der Waals surface area contributed by atoms with Crippen molar-refractivity contribution in [3.63, 3.8) is 0 Å². The molecule has 8 heteroatoms. The molecule has 0 saturated carbocycles. The molecule has 0 saturated heterocycles. The van der Waals surface area contributed by atoms with Crippen molar-refractivity contribution in [1.29, 1.82) is 5.26 Å². The van der Waals surface area contributed by atoms with E-state index in [4.69, 9.17) is 15.7 Å². The largest absolute Gasteiger partial charge is 0.497 e. The van der Waals surface area contributed by atoms with Crippen molar-refractivity contribution in [1.82, 2.24) is 4.98 Å². The van der Waals surface area contributed by atoms with Crippen molar-refractivity contribution in [2.24, 2.45) is 0 Å². The molecular formula is C13H12N4O3S. The van der Waals surface area contributed by atoms with Crippen LogP contribution < -0.4 is 15.2 Å². The summed E-state index contributed by atoms with van der Waals surface area (Å²) in [5.41, 5.74) is 6.37. The van der Waals surface area contributed by atoms with E-state index in [0.29, 0.717) is 5.75 Å². The molecule has 2 aromatic rings. The third-order valence-corrected chi connectivity index (χ3v) is 4.01. The van der Waals surface area contributed by atoms with Crippen molar-refractivity contribution in [2.45, 2.75) is 4.90 Å². The van der Waals surface area contributed by atoms with Crippen LogP contribution in [0, 0.1) is 11.3 Å². The lowest BCUT2D eigenvalue weighted by atomic mass is 10.2. The third kappa shape index (κ3) is 3.21. The van der Waals surface area contributed by atoms with Gasteiger partial charge >= 0.3 is 0 Å². The normalized spacial score (nSPS) is 10.7. The Balaban J connectivity index is 2.30. The van der Waals surface area contributed by atoms with E-state index in [1.54, 1.807) is 6.07 Å². The number of nitrogens with zero attached hydrogens (tertiary/aromatic N) is 2. The molecule has 0 unspecified atom stereocenters. The number of aromatic nitrogens is 1. The van der Waals surface area contributed by atoms with Gasteiger partial charge < -0.3 is 10.5 Å². The van der Waals surface area contributed by atoms with Gasteiger partial charge in [-0.05, 0) is 24.3 Å². The second-order valence-electron chi connectivity index (χ2n) is 4.05. The Bertz CT molecular complexity index is 795. The first-order valence-corrected chi connectivity index (χ1v) is 7.27. The van der Waals surface area contributed by atoms with Gasteiger partial charge in [0.15, 0.2) is 0 Å². The molecule has 0 aliphatic rings. The summed E-state index contributed by atoms with van der Waals surface area (Å²) in [6.45, 7) is 0. The number of sulfonamides is 1. The Labute approximate surface area is 122 Å². The monoisotopic (exact) mass is 304 g/mol. The fraction of sp³-hybridized carbons (Fsp3) is 0.0769. The van der Waals surface area contributed by atoms with Gasteiger partial charge in [0.25, 0.3) is 10.0 Å². The van der Waals surface area contributed by atoms with E-state index < -0.39 is 10.0 Å². The lowest BCUT2D eigenvalue weighted by molar-refractivity contribution is 0.415. The van der Waals surface area contributed by atoms with Crippen LogP contribution in [-0.4, -0.2) is 20.5 Å². The first kappa shape index (κ1) is 14.6. The first-order chi connectivity index (χ1) is 9.96. The summed E-state index contributed by atoms with van der Waals surface area (Å²) in [5, 5.41) is 8.65.